The van der Waals surface area contributed by atoms with Crippen molar-refractivity contribution in [2.24, 2.45) is 5.41 Å². The highest BCUT2D eigenvalue weighted by Gasteiger charge is 2.18. The van der Waals surface area contributed by atoms with E-state index in [0.29, 0.717) is 6.54 Å². The number of rotatable bonds is 4. The molecule has 1 aromatic heterocycles. The summed E-state index contributed by atoms with van der Waals surface area (Å²) < 4.78 is 0. The van der Waals surface area contributed by atoms with Crippen LogP contribution in [-0.4, -0.2) is 17.8 Å². The van der Waals surface area contributed by atoms with Gasteiger partial charge in [0.05, 0.1) is 10.9 Å². The summed E-state index contributed by atoms with van der Waals surface area (Å²) in [6, 6.07) is 0. The maximum Gasteiger partial charge on any atom is 0.252 e. The summed E-state index contributed by atoms with van der Waals surface area (Å²) in [5.41, 5.74) is 1.97. The number of alkyl halides is 1. The van der Waals surface area contributed by atoms with Crippen LogP contribution in [0.4, 0.5) is 0 Å². The molecule has 0 aromatic carbocycles. The average Bonchev–Trinajstić information content (AvgIpc) is 2.58. The van der Waals surface area contributed by atoms with E-state index in [1.807, 2.05) is 17.7 Å². The van der Waals surface area contributed by atoms with E-state index in [4.69, 9.17) is 11.6 Å². The van der Waals surface area contributed by atoms with Crippen molar-refractivity contribution in [3.8, 4) is 0 Å². The van der Waals surface area contributed by atoms with Crippen LogP contribution in [0, 0.1) is 12.3 Å². The number of amides is 1. The first-order valence-corrected chi connectivity index (χ1v) is 7.12. The van der Waals surface area contributed by atoms with Crippen LogP contribution in [0.5, 0.6) is 0 Å². The topological polar surface area (TPSA) is 29.1 Å². The SMILES string of the molecule is Cc1cscc1C(=O)NCC(Cl)CC(C)(C)C. The second-order valence-electron chi connectivity index (χ2n) is 5.54. The molecule has 0 saturated heterocycles. The zero-order valence-electron chi connectivity index (χ0n) is 10.8. The number of aryl methyl sites for hydroxylation is 1. The standard InChI is InChI=1S/C13H20ClNOS/c1-9-7-17-8-11(9)12(16)15-6-10(14)5-13(2,3)4/h7-8,10H,5-6H2,1-4H3,(H,15,16). The molecule has 0 radical (unpaired) electrons. The van der Waals surface area contributed by atoms with Gasteiger partial charge in [-0.1, -0.05) is 20.8 Å². The van der Waals surface area contributed by atoms with Crippen LogP contribution in [0.2, 0.25) is 0 Å². The highest BCUT2D eigenvalue weighted by Crippen LogP contribution is 2.23. The Morgan fingerprint density at radius 1 is 1.47 bits per heavy atom. The van der Waals surface area contributed by atoms with E-state index in [-0.39, 0.29) is 16.7 Å². The molecule has 1 atom stereocenters. The molecule has 0 aliphatic carbocycles. The van der Waals surface area contributed by atoms with Gasteiger partial charge in [0, 0.05) is 11.9 Å². The van der Waals surface area contributed by atoms with Gasteiger partial charge in [-0.25, -0.2) is 0 Å². The molecule has 1 rings (SSSR count). The van der Waals surface area contributed by atoms with Gasteiger partial charge in [-0.2, -0.15) is 11.3 Å². The first-order chi connectivity index (χ1) is 7.79. The van der Waals surface area contributed by atoms with Crippen LogP contribution in [0.25, 0.3) is 0 Å². The van der Waals surface area contributed by atoms with E-state index >= 15 is 0 Å². The molecular weight excluding hydrogens is 254 g/mol. The molecule has 0 saturated carbocycles. The summed E-state index contributed by atoms with van der Waals surface area (Å²) in [6.07, 6.45) is 0.886. The number of halogens is 1. The lowest BCUT2D eigenvalue weighted by Crippen LogP contribution is -2.31. The van der Waals surface area contributed by atoms with Crippen molar-refractivity contribution >= 4 is 28.8 Å². The highest BCUT2D eigenvalue weighted by molar-refractivity contribution is 7.08. The smallest absolute Gasteiger partial charge is 0.252 e. The highest BCUT2D eigenvalue weighted by atomic mass is 35.5. The molecule has 1 aromatic rings. The number of hydrogen-bond donors (Lipinski definition) is 1. The van der Waals surface area contributed by atoms with Crippen molar-refractivity contribution in [1.82, 2.24) is 5.32 Å². The van der Waals surface area contributed by atoms with Crippen LogP contribution in [0.3, 0.4) is 0 Å². The second kappa shape index (κ2) is 5.87. The summed E-state index contributed by atoms with van der Waals surface area (Å²) in [5, 5.41) is 6.72. The molecule has 4 heteroatoms. The minimum atomic E-state index is -0.0247. The van der Waals surface area contributed by atoms with Gasteiger partial charge in [-0.3, -0.25) is 4.79 Å². The van der Waals surface area contributed by atoms with Crippen molar-refractivity contribution in [2.75, 3.05) is 6.54 Å². The first kappa shape index (κ1) is 14.5. The molecule has 1 N–H and O–H groups in total. The van der Waals surface area contributed by atoms with Crippen LogP contribution in [-0.2, 0) is 0 Å². The van der Waals surface area contributed by atoms with Crippen molar-refractivity contribution < 1.29 is 4.79 Å². The molecular formula is C13H20ClNOS. The van der Waals surface area contributed by atoms with E-state index in [2.05, 4.69) is 26.1 Å². The fourth-order valence-corrected chi connectivity index (χ4v) is 3.00. The third-order valence-corrected chi connectivity index (χ3v) is 3.59. The Kier molecular flexibility index (Phi) is 5.02. The van der Waals surface area contributed by atoms with Gasteiger partial charge in [0.15, 0.2) is 0 Å². The summed E-state index contributed by atoms with van der Waals surface area (Å²) in [4.78, 5) is 11.8. The largest absolute Gasteiger partial charge is 0.351 e. The lowest BCUT2D eigenvalue weighted by molar-refractivity contribution is 0.0952. The predicted octanol–water partition coefficient (Wildman–Crippen LogP) is 3.83. The van der Waals surface area contributed by atoms with Gasteiger partial charge in [0.2, 0.25) is 0 Å². The van der Waals surface area contributed by atoms with Crippen molar-refractivity contribution in [3.05, 3.63) is 21.9 Å². The normalized spacial score (nSPS) is 13.5. The lowest BCUT2D eigenvalue weighted by Gasteiger charge is -2.21. The Morgan fingerprint density at radius 3 is 2.59 bits per heavy atom. The Hall–Kier alpha value is -0.540. The number of nitrogens with one attached hydrogen (secondary N) is 1. The summed E-state index contributed by atoms with van der Waals surface area (Å²) >= 11 is 7.74. The zero-order chi connectivity index (χ0) is 13.1. The molecule has 1 amide bonds. The van der Waals surface area contributed by atoms with E-state index in [1.54, 1.807) is 11.3 Å². The third-order valence-electron chi connectivity index (χ3n) is 2.42. The first-order valence-electron chi connectivity index (χ1n) is 5.74. The van der Waals surface area contributed by atoms with E-state index in [1.165, 1.54) is 0 Å². The zero-order valence-corrected chi connectivity index (χ0v) is 12.4. The Bertz CT molecular complexity index is 381. The monoisotopic (exact) mass is 273 g/mol. The third kappa shape index (κ3) is 5.09. The number of carbonyl (C=O) groups is 1. The van der Waals surface area contributed by atoms with Gasteiger partial charge in [-0.05, 0) is 29.7 Å². The van der Waals surface area contributed by atoms with Gasteiger partial charge >= 0.3 is 0 Å². The van der Waals surface area contributed by atoms with Gasteiger partial charge in [-0.15, -0.1) is 11.6 Å². The van der Waals surface area contributed by atoms with E-state index in [0.717, 1.165) is 17.5 Å². The average molecular weight is 274 g/mol. The van der Waals surface area contributed by atoms with Crippen molar-refractivity contribution in [2.45, 2.75) is 39.5 Å². The molecule has 0 bridgehead atoms. The molecule has 1 unspecified atom stereocenters. The molecule has 0 aliphatic heterocycles. The molecule has 0 spiro atoms. The number of hydrogen-bond acceptors (Lipinski definition) is 2. The van der Waals surface area contributed by atoms with Crippen LogP contribution >= 0.6 is 22.9 Å². The summed E-state index contributed by atoms with van der Waals surface area (Å²) in [7, 11) is 0. The van der Waals surface area contributed by atoms with Gasteiger partial charge in [0.1, 0.15) is 0 Å². The van der Waals surface area contributed by atoms with Gasteiger partial charge < -0.3 is 5.32 Å². The number of thiophene rings is 1. The fraction of sp³-hybridized carbons (Fsp3) is 0.615. The Morgan fingerprint density at radius 2 is 2.12 bits per heavy atom. The summed E-state index contributed by atoms with van der Waals surface area (Å²) in [6.45, 7) is 8.90. The van der Waals surface area contributed by atoms with Crippen molar-refractivity contribution in [1.29, 1.82) is 0 Å². The molecule has 0 aliphatic rings. The molecule has 17 heavy (non-hydrogen) atoms. The van der Waals surface area contributed by atoms with Crippen LogP contribution < -0.4 is 5.32 Å². The van der Waals surface area contributed by atoms with E-state index in [9.17, 15) is 4.79 Å². The van der Waals surface area contributed by atoms with Crippen molar-refractivity contribution in [3.63, 3.8) is 0 Å². The maximum absolute atomic E-state index is 11.8. The minimum Gasteiger partial charge on any atom is -0.351 e. The molecule has 2 nitrogen and oxygen atoms in total. The quantitative estimate of drug-likeness (QED) is 0.830. The lowest BCUT2D eigenvalue weighted by atomic mass is 9.90. The second-order valence-corrected chi connectivity index (χ2v) is 6.90. The van der Waals surface area contributed by atoms with Gasteiger partial charge in [0.25, 0.3) is 5.91 Å². The molecule has 96 valence electrons. The maximum atomic E-state index is 11.8. The summed E-state index contributed by atoms with van der Waals surface area (Å²) in [5.74, 6) is -0.0247. The minimum absolute atomic E-state index is 0.0158. The molecule has 1 heterocycles. The van der Waals surface area contributed by atoms with Crippen LogP contribution in [0.15, 0.2) is 10.8 Å². The Labute approximate surface area is 112 Å². The predicted molar refractivity (Wildman–Crippen MR) is 75.1 cm³/mol. The Balaban J connectivity index is 2.42. The molecule has 0 fully saturated rings. The van der Waals surface area contributed by atoms with Crippen LogP contribution in [0.1, 0.15) is 43.1 Å². The number of carbonyl (C=O) groups excluding carboxylic acids is 1. The fourth-order valence-electron chi connectivity index (χ4n) is 1.63. The van der Waals surface area contributed by atoms with E-state index < -0.39 is 0 Å².